The standard InChI is InChI=1S/C21H22O7/c1-6-7-13-8-14(20(22)27-5)11-18(26-4)19(13)28-21(23)15-9-16(24-2)12-17(10-15)25-3/h6,8-12H,1,7H2,2-5H3. The molecule has 148 valence electrons. The number of carbonyl (C=O) groups excluding carboxylic acids is 2. The van der Waals surface area contributed by atoms with E-state index in [2.05, 4.69) is 6.58 Å². The summed E-state index contributed by atoms with van der Waals surface area (Å²) in [5, 5.41) is 0. The first-order valence-corrected chi connectivity index (χ1v) is 8.32. The molecule has 0 radical (unpaired) electrons. The summed E-state index contributed by atoms with van der Waals surface area (Å²) in [7, 11) is 5.67. The number of rotatable bonds is 8. The molecule has 7 nitrogen and oxygen atoms in total. The van der Waals surface area contributed by atoms with Gasteiger partial charge in [-0.2, -0.15) is 0 Å². The lowest BCUT2D eigenvalue weighted by Crippen LogP contribution is -2.12. The molecule has 0 bridgehead atoms. The summed E-state index contributed by atoms with van der Waals surface area (Å²) < 4.78 is 26.0. The molecular formula is C21H22O7. The quantitative estimate of drug-likeness (QED) is 0.390. The molecule has 0 N–H and O–H groups in total. The molecule has 0 aliphatic carbocycles. The average Bonchev–Trinajstić information content (AvgIpc) is 2.73. The van der Waals surface area contributed by atoms with Crippen LogP contribution in [0.2, 0.25) is 0 Å². The highest BCUT2D eigenvalue weighted by atomic mass is 16.6. The highest BCUT2D eigenvalue weighted by Crippen LogP contribution is 2.35. The van der Waals surface area contributed by atoms with Gasteiger partial charge in [0.1, 0.15) is 11.5 Å². The Bertz CT molecular complexity index is 864. The molecular weight excluding hydrogens is 364 g/mol. The van der Waals surface area contributed by atoms with Gasteiger partial charge in [0.15, 0.2) is 11.5 Å². The number of benzene rings is 2. The third-order valence-electron chi connectivity index (χ3n) is 3.92. The average molecular weight is 386 g/mol. The van der Waals surface area contributed by atoms with Crippen molar-refractivity contribution in [2.75, 3.05) is 28.4 Å². The van der Waals surface area contributed by atoms with Gasteiger partial charge < -0.3 is 23.7 Å². The Hall–Kier alpha value is -3.48. The van der Waals surface area contributed by atoms with Crippen molar-refractivity contribution in [2.45, 2.75) is 6.42 Å². The van der Waals surface area contributed by atoms with Crippen LogP contribution in [0.4, 0.5) is 0 Å². The Morgan fingerprint density at radius 1 is 0.857 bits per heavy atom. The third-order valence-corrected chi connectivity index (χ3v) is 3.92. The lowest BCUT2D eigenvalue weighted by molar-refractivity contribution is 0.0600. The zero-order valence-electron chi connectivity index (χ0n) is 16.2. The second-order valence-electron chi connectivity index (χ2n) is 5.64. The second-order valence-corrected chi connectivity index (χ2v) is 5.64. The summed E-state index contributed by atoms with van der Waals surface area (Å²) in [6, 6.07) is 7.74. The molecule has 0 spiro atoms. The number of ether oxygens (including phenoxy) is 5. The van der Waals surface area contributed by atoms with Crippen molar-refractivity contribution in [1.29, 1.82) is 0 Å². The maximum Gasteiger partial charge on any atom is 0.343 e. The summed E-state index contributed by atoms with van der Waals surface area (Å²) in [5.74, 6) is 0.159. The lowest BCUT2D eigenvalue weighted by atomic mass is 10.1. The third kappa shape index (κ3) is 4.62. The van der Waals surface area contributed by atoms with E-state index in [1.165, 1.54) is 46.6 Å². The molecule has 0 aromatic heterocycles. The van der Waals surface area contributed by atoms with E-state index in [-0.39, 0.29) is 22.6 Å². The molecule has 2 rings (SSSR count). The van der Waals surface area contributed by atoms with E-state index in [1.54, 1.807) is 18.2 Å². The van der Waals surface area contributed by atoms with Gasteiger partial charge in [-0.1, -0.05) is 6.08 Å². The Morgan fingerprint density at radius 2 is 1.46 bits per heavy atom. The van der Waals surface area contributed by atoms with Gasteiger partial charge in [-0.15, -0.1) is 6.58 Å². The van der Waals surface area contributed by atoms with Gasteiger partial charge in [0, 0.05) is 11.6 Å². The molecule has 0 unspecified atom stereocenters. The Balaban J connectivity index is 2.48. The molecule has 7 heteroatoms. The van der Waals surface area contributed by atoms with Crippen molar-refractivity contribution in [3.8, 4) is 23.0 Å². The van der Waals surface area contributed by atoms with Crippen LogP contribution in [0.1, 0.15) is 26.3 Å². The smallest absolute Gasteiger partial charge is 0.343 e. The van der Waals surface area contributed by atoms with E-state index < -0.39 is 11.9 Å². The number of methoxy groups -OCH3 is 4. The van der Waals surface area contributed by atoms with Crippen molar-refractivity contribution in [2.24, 2.45) is 0 Å². The Morgan fingerprint density at radius 3 is 1.96 bits per heavy atom. The summed E-state index contributed by atoms with van der Waals surface area (Å²) in [4.78, 5) is 24.6. The summed E-state index contributed by atoms with van der Waals surface area (Å²) in [5.41, 5.74) is 1.07. The predicted molar refractivity (Wildman–Crippen MR) is 103 cm³/mol. The van der Waals surface area contributed by atoms with Crippen molar-refractivity contribution >= 4 is 11.9 Å². The summed E-state index contributed by atoms with van der Waals surface area (Å²) in [6.07, 6.45) is 1.98. The van der Waals surface area contributed by atoms with Gasteiger partial charge in [0.2, 0.25) is 0 Å². The van der Waals surface area contributed by atoms with E-state index in [1.807, 2.05) is 0 Å². The first-order chi connectivity index (χ1) is 13.5. The van der Waals surface area contributed by atoms with E-state index in [0.717, 1.165) is 0 Å². The molecule has 0 aliphatic rings. The normalized spacial score (nSPS) is 10.0. The maximum absolute atomic E-state index is 12.7. The van der Waals surface area contributed by atoms with Crippen LogP contribution in [0.3, 0.4) is 0 Å². The minimum absolute atomic E-state index is 0.196. The van der Waals surface area contributed by atoms with Crippen LogP contribution in [0.5, 0.6) is 23.0 Å². The minimum Gasteiger partial charge on any atom is -0.497 e. The van der Waals surface area contributed by atoms with Crippen LogP contribution in [-0.2, 0) is 11.2 Å². The molecule has 0 aliphatic heterocycles. The van der Waals surface area contributed by atoms with Crippen LogP contribution >= 0.6 is 0 Å². The van der Waals surface area contributed by atoms with E-state index in [0.29, 0.717) is 23.5 Å². The monoisotopic (exact) mass is 386 g/mol. The van der Waals surface area contributed by atoms with Crippen LogP contribution < -0.4 is 18.9 Å². The van der Waals surface area contributed by atoms with Crippen LogP contribution in [0, 0.1) is 0 Å². The Labute approximate surface area is 163 Å². The molecule has 2 aromatic rings. The zero-order valence-corrected chi connectivity index (χ0v) is 16.2. The topological polar surface area (TPSA) is 80.3 Å². The van der Waals surface area contributed by atoms with Gasteiger partial charge in [-0.3, -0.25) is 0 Å². The van der Waals surface area contributed by atoms with Gasteiger partial charge in [-0.05, 0) is 30.7 Å². The van der Waals surface area contributed by atoms with Crippen molar-refractivity contribution < 1.29 is 33.3 Å². The number of allylic oxidation sites excluding steroid dienone is 1. The van der Waals surface area contributed by atoms with Gasteiger partial charge in [-0.25, -0.2) is 9.59 Å². The number of hydrogen-bond acceptors (Lipinski definition) is 7. The molecule has 0 saturated heterocycles. The maximum atomic E-state index is 12.7. The number of carbonyl (C=O) groups is 2. The van der Waals surface area contributed by atoms with E-state index >= 15 is 0 Å². The van der Waals surface area contributed by atoms with Gasteiger partial charge in [0.05, 0.1) is 39.6 Å². The molecule has 0 heterocycles. The number of hydrogen-bond donors (Lipinski definition) is 0. The predicted octanol–water partition coefficient (Wildman–Crippen LogP) is 3.45. The first-order valence-electron chi connectivity index (χ1n) is 8.32. The van der Waals surface area contributed by atoms with E-state index in [4.69, 9.17) is 23.7 Å². The molecule has 0 atom stereocenters. The summed E-state index contributed by atoms with van der Waals surface area (Å²) in [6.45, 7) is 3.70. The second kappa shape index (κ2) is 9.45. The number of esters is 2. The van der Waals surface area contributed by atoms with Gasteiger partial charge >= 0.3 is 11.9 Å². The minimum atomic E-state index is -0.633. The van der Waals surface area contributed by atoms with E-state index in [9.17, 15) is 9.59 Å². The largest absolute Gasteiger partial charge is 0.497 e. The molecule has 0 fully saturated rings. The molecule has 0 saturated carbocycles. The van der Waals surface area contributed by atoms with Crippen LogP contribution in [0.15, 0.2) is 43.0 Å². The van der Waals surface area contributed by atoms with Crippen LogP contribution in [-0.4, -0.2) is 40.4 Å². The van der Waals surface area contributed by atoms with Crippen LogP contribution in [0.25, 0.3) is 0 Å². The highest BCUT2D eigenvalue weighted by molar-refractivity contribution is 5.94. The van der Waals surface area contributed by atoms with Gasteiger partial charge in [0.25, 0.3) is 0 Å². The summed E-state index contributed by atoms with van der Waals surface area (Å²) >= 11 is 0. The molecule has 0 amide bonds. The fourth-order valence-corrected chi connectivity index (χ4v) is 2.55. The fraction of sp³-hybridized carbons (Fsp3) is 0.238. The molecule has 2 aromatic carbocycles. The van der Waals surface area contributed by atoms with Crippen molar-refractivity contribution in [3.63, 3.8) is 0 Å². The molecule has 28 heavy (non-hydrogen) atoms. The Kier molecular flexibility index (Phi) is 7.03. The highest BCUT2D eigenvalue weighted by Gasteiger charge is 2.21. The van der Waals surface area contributed by atoms with Crippen molar-refractivity contribution in [3.05, 3.63) is 59.7 Å². The first kappa shape index (κ1) is 20.8. The fourth-order valence-electron chi connectivity index (χ4n) is 2.55. The van der Waals surface area contributed by atoms with Crippen molar-refractivity contribution in [1.82, 2.24) is 0 Å². The zero-order chi connectivity index (χ0) is 20.7. The SMILES string of the molecule is C=CCc1cc(C(=O)OC)cc(OC)c1OC(=O)c1cc(OC)cc(OC)c1. The lowest BCUT2D eigenvalue weighted by Gasteiger charge is -2.15.